The number of carbonyl (C=O) groups is 3. The standard InChI is InChI=1S/C21H30N4O3/c1-15-5-2-3-7-18(15)21(28)23-17-8-11-24(12-9-17)14-19(26)25-10-4-6-16(13-25)20(22)27/h2-3,5,7,16-17H,4,6,8-14H2,1H3,(H2,22,27)(H,23,28). The van der Waals surface area contributed by atoms with Crippen molar-refractivity contribution in [2.24, 2.45) is 11.7 Å². The van der Waals surface area contributed by atoms with Crippen LogP contribution in [0.2, 0.25) is 0 Å². The summed E-state index contributed by atoms with van der Waals surface area (Å²) in [4.78, 5) is 40.3. The van der Waals surface area contributed by atoms with Gasteiger partial charge in [0.2, 0.25) is 11.8 Å². The number of amides is 3. The van der Waals surface area contributed by atoms with Gasteiger partial charge in [0.1, 0.15) is 0 Å². The average Bonchev–Trinajstić information content (AvgIpc) is 2.69. The molecule has 1 atom stereocenters. The topological polar surface area (TPSA) is 95.7 Å². The van der Waals surface area contributed by atoms with Gasteiger partial charge in [-0.15, -0.1) is 0 Å². The first-order chi connectivity index (χ1) is 13.4. The SMILES string of the molecule is Cc1ccccc1C(=O)NC1CCN(CC(=O)N2CCCC(C(N)=O)C2)CC1. The Hall–Kier alpha value is -2.41. The number of primary amides is 1. The summed E-state index contributed by atoms with van der Waals surface area (Å²) in [5.74, 6) is -0.505. The van der Waals surface area contributed by atoms with Crippen LogP contribution < -0.4 is 11.1 Å². The summed E-state index contributed by atoms with van der Waals surface area (Å²) in [6, 6.07) is 7.71. The van der Waals surface area contributed by atoms with Crippen LogP contribution in [0.25, 0.3) is 0 Å². The lowest BCUT2D eigenvalue weighted by Crippen LogP contribution is -2.50. The third-order valence-corrected chi connectivity index (χ3v) is 5.85. The van der Waals surface area contributed by atoms with Crippen LogP contribution in [0.15, 0.2) is 24.3 Å². The van der Waals surface area contributed by atoms with Crippen molar-refractivity contribution < 1.29 is 14.4 Å². The Labute approximate surface area is 166 Å². The fourth-order valence-corrected chi connectivity index (χ4v) is 4.05. The number of carbonyl (C=O) groups excluding carboxylic acids is 3. The summed E-state index contributed by atoms with van der Waals surface area (Å²) >= 11 is 0. The highest BCUT2D eigenvalue weighted by Crippen LogP contribution is 2.17. The number of likely N-dealkylation sites (tertiary alicyclic amines) is 2. The van der Waals surface area contributed by atoms with Crippen molar-refractivity contribution in [3.63, 3.8) is 0 Å². The second kappa shape index (κ2) is 9.19. The van der Waals surface area contributed by atoms with Gasteiger partial charge in [-0.25, -0.2) is 0 Å². The lowest BCUT2D eigenvalue weighted by molar-refractivity contribution is -0.136. The van der Waals surface area contributed by atoms with E-state index in [1.165, 1.54) is 0 Å². The molecule has 0 radical (unpaired) electrons. The number of hydrogen-bond acceptors (Lipinski definition) is 4. The van der Waals surface area contributed by atoms with Crippen molar-refractivity contribution in [1.82, 2.24) is 15.1 Å². The van der Waals surface area contributed by atoms with Crippen LogP contribution in [0.5, 0.6) is 0 Å². The minimum atomic E-state index is -0.317. The maximum absolute atomic E-state index is 12.6. The number of nitrogens with one attached hydrogen (secondary N) is 1. The van der Waals surface area contributed by atoms with E-state index in [1.807, 2.05) is 31.2 Å². The van der Waals surface area contributed by atoms with Crippen molar-refractivity contribution in [3.05, 3.63) is 35.4 Å². The maximum Gasteiger partial charge on any atom is 0.251 e. The molecule has 7 heteroatoms. The van der Waals surface area contributed by atoms with Gasteiger partial charge in [-0.3, -0.25) is 19.3 Å². The third kappa shape index (κ3) is 5.10. The molecule has 2 aliphatic rings. The smallest absolute Gasteiger partial charge is 0.251 e. The first-order valence-corrected chi connectivity index (χ1v) is 10.1. The monoisotopic (exact) mass is 386 g/mol. The van der Waals surface area contributed by atoms with Crippen molar-refractivity contribution in [2.45, 2.75) is 38.6 Å². The Morgan fingerprint density at radius 3 is 2.50 bits per heavy atom. The van der Waals surface area contributed by atoms with Crippen LogP contribution in [0.3, 0.4) is 0 Å². The van der Waals surface area contributed by atoms with E-state index in [0.29, 0.717) is 25.2 Å². The minimum absolute atomic E-state index is 0.0292. The van der Waals surface area contributed by atoms with Gasteiger partial charge < -0.3 is 16.0 Å². The Morgan fingerprint density at radius 2 is 1.82 bits per heavy atom. The molecule has 0 saturated carbocycles. The first-order valence-electron chi connectivity index (χ1n) is 10.1. The fraction of sp³-hybridized carbons (Fsp3) is 0.571. The van der Waals surface area contributed by atoms with Crippen molar-refractivity contribution in [2.75, 3.05) is 32.7 Å². The highest BCUT2D eigenvalue weighted by molar-refractivity contribution is 5.95. The summed E-state index contributed by atoms with van der Waals surface area (Å²) in [6.07, 6.45) is 3.25. The average molecular weight is 386 g/mol. The molecular formula is C21H30N4O3. The second-order valence-corrected chi connectivity index (χ2v) is 7.92. The maximum atomic E-state index is 12.6. The van der Waals surface area contributed by atoms with Gasteiger partial charge in [-0.1, -0.05) is 18.2 Å². The quantitative estimate of drug-likeness (QED) is 0.786. The second-order valence-electron chi connectivity index (χ2n) is 7.92. The molecule has 0 spiro atoms. The number of nitrogens with two attached hydrogens (primary N) is 1. The molecule has 0 bridgehead atoms. The number of aryl methyl sites for hydroxylation is 1. The molecule has 2 aliphatic heterocycles. The molecule has 1 aromatic rings. The Bertz CT molecular complexity index is 728. The van der Waals surface area contributed by atoms with E-state index in [1.54, 1.807) is 4.90 Å². The highest BCUT2D eigenvalue weighted by Gasteiger charge is 2.29. The zero-order chi connectivity index (χ0) is 20.1. The molecule has 7 nitrogen and oxygen atoms in total. The van der Waals surface area contributed by atoms with E-state index in [4.69, 9.17) is 5.73 Å². The molecule has 0 aromatic heterocycles. The summed E-state index contributed by atoms with van der Waals surface area (Å²) in [5.41, 5.74) is 7.09. The Balaban J connectivity index is 1.44. The zero-order valence-electron chi connectivity index (χ0n) is 16.5. The zero-order valence-corrected chi connectivity index (χ0v) is 16.5. The Kier molecular flexibility index (Phi) is 6.67. The summed E-state index contributed by atoms with van der Waals surface area (Å²) in [6.45, 7) is 4.99. The van der Waals surface area contributed by atoms with Gasteiger partial charge in [0.25, 0.3) is 5.91 Å². The molecule has 2 saturated heterocycles. The van der Waals surface area contributed by atoms with E-state index in [9.17, 15) is 14.4 Å². The van der Waals surface area contributed by atoms with Gasteiger partial charge in [0.05, 0.1) is 12.5 Å². The van der Waals surface area contributed by atoms with E-state index in [-0.39, 0.29) is 29.7 Å². The lowest BCUT2D eigenvalue weighted by Gasteiger charge is -2.35. The van der Waals surface area contributed by atoms with E-state index in [2.05, 4.69) is 10.2 Å². The largest absolute Gasteiger partial charge is 0.369 e. The van der Waals surface area contributed by atoms with Gasteiger partial charge in [-0.2, -0.15) is 0 Å². The van der Waals surface area contributed by atoms with Crippen LogP contribution in [0.1, 0.15) is 41.6 Å². The van der Waals surface area contributed by atoms with Crippen LogP contribution in [0.4, 0.5) is 0 Å². The summed E-state index contributed by atoms with van der Waals surface area (Å²) in [5, 5.41) is 3.12. The van der Waals surface area contributed by atoms with Gasteiger partial charge in [0.15, 0.2) is 0 Å². The number of rotatable bonds is 5. The molecule has 2 fully saturated rings. The van der Waals surface area contributed by atoms with Crippen LogP contribution in [0, 0.1) is 12.8 Å². The van der Waals surface area contributed by atoms with Crippen molar-refractivity contribution >= 4 is 17.7 Å². The normalized spacial score (nSPS) is 21.3. The molecule has 2 heterocycles. The van der Waals surface area contributed by atoms with Crippen molar-refractivity contribution in [1.29, 1.82) is 0 Å². The molecule has 1 unspecified atom stereocenters. The molecule has 152 valence electrons. The van der Waals surface area contributed by atoms with E-state index >= 15 is 0 Å². The Morgan fingerprint density at radius 1 is 1.11 bits per heavy atom. The highest BCUT2D eigenvalue weighted by atomic mass is 16.2. The minimum Gasteiger partial charge on any atom is -0.369 e. The van der Waals surface area contributed by atoms with Gasteiger partial charge >= 0.3 is 0 Å². The van der Waals surface area contributed by atoms with Gasteiger partial charge in [0, 0.05) is 37.8 Å². The molecular weight excluding hydrogens is 356 g/mol. The predicted molar refractivity (Wildman–Crippen MR) is 107 cm³/mol. The molecule has 3 rings (SSSR count). The van der Waals surface area contributed by atoms with E-state index in [0.717, 1.165) is 44.3 Å². The summed E-state index contributed by atoms with van der Waals surface area (Å²) in [7, 11) is 0. The fourth-order valence-electron chi connectivity index (χ4n) is 4.05. The molecule has 0 aliphatic carbocycles. The number of piperidine rings is 2. The van der Waals surface area contributed by atoms with Crippen LogP contribution >= 0.6 is 0 Å². The van der Waals surface area contributed by atoms with Gasteiger partial charge in [-0.05, 0) is 44.2 Å². The summed E-state index contributed by atoms with van der Waals surface area (Å²) < 4.78 is 0. The number of hydrogen-bond donors (Lipinski definition) is 2. The van der Waals surface area contributed by atoms with E-state index < -0.39 is 0 Å². The molecule has 3 amide bonds. The van der Waals surface area contributed by atoms with Crippen LogP contribution in [-0.2, 0) is 9.59 Å². The lowest BCUT2D eigenvalue weighted by atomic mass is 9.97. The van der Waals surface area contributed by atoms with Crippen molar-refractivity contribution in [3.8, 4) is 0 Å². The number of benzene rings is 1. The third-order valence-electron chi connectivity index (χ3n) is 5.85. The van der Waals surface area contributed by atoms with Crippen LogP contribution in [-0.4, -0.2) is 66.3 Å². The predicted octanol–water partition coefficient (Wildman–Crippen LogP) is 0.913. The molecule has 1 aromatic carbocycles. The number of nitrogens with zero attached hydrogens (tertiary/aromatic N) is 2. The first kappa shape index (κ1) is 20.3. The molecule has 28 heavy (non-hydrogen) atoms. The molecule has 3 N–H and O–H groups in total.